The number of anilines is 1. The van der Waals surface area contributed by atoms with Gasteiger partial charge in [-0.15, -0.1) is 5.10 Å². The van der Waals surface area contributed by atoms with Crippen molar-refractivity contribution >= 4 is 38.2 Å². The van der Waals surface area contributed by atoms with Gasteiger partial charge >= 0.3 is 0 Å². The zero-order valence-corrected chi connectivity index (χ0v) is 18.1. The number of nitrogens with zero attached hydrogens (tertiary/aromatic N) is 4. The Hall–Kier alpha value is -3.20. The topological polar surface area (TPSA) is 95.4 Å². The first-order valence-corrected chi connectivity index (χ1v) is 11.4. The van der Waals surface area contributed by atoms with Crippen LogP contribution in [0.15, 0.2) is 41.3 Å². The molecule has 1 fully saturated rings. The van der Waals surface area contributed by atoms with Crippen molar-refractivity contribution in [1.29, 1.82) is 0 Å². The van der Waals surface area contributed by atoms with E-state index in [1.165, 1.54) is 28.3 Å². The number of para-hydroxylation sites is 1. The average Bonchev–Trinajstić information content (AvgIpc) is 3.37. The number of nitrogens with one attached hydrogen (secondary N) is 2. The van der Waals surface area contributed by atoms with Crippen LogP contribution < -0.4 is 15.8 Å². The van der Waals surface area contributed by atoms with Crippen LogP contribution in [-0.4, -0.2) is 45.1 Å². The van der Waals surface area contributed by atoms with Crippen LogP contribution in [0.25, 0.3) is 15.9 Å². The molecule has 31 heavy (non-hydrogen) atoms. The summed E-state index contributed by atoms with van der Waals surface area (Å²) in [5.41, 5.74) is 2.02. The van der Waals surface area contributed by atoms with E-state index in [2.05, 4.69) is 38.3 Å². The molecule has 1 amide bonds. The number of H-pyrrole nitrogens is 1. The van der Waals surface area contributed by atoms with E-state index in [9.17, 15) is 9.59 Å². The number of benzene rings is 1. The fourth-order valence-corrected chi connectivity index (χ4v) is 5.14. The van der Waals surface area contributed by atoms with E-state index in [-0.39, 0.29) is 11.6 Å². The number of rotatable bonds is 5. The van der Waals surface area contributed by atoms with Crippen molar-refractivity contribution in [3.05, 3.63) is 58.1 Å². The van der Waals surface area contributed by atoms with Gasteiger partial charge in [-0.25, -0.2) is 0 Å². The lowest BCUT2D eigenvalue weighted by Gasteiger charge is -2.30. The van der Waals surface area contributed by atoms with Crippen LogP contribution in [-0.2, 0) is 6.42 Å². The van der Waals surface area contributed by atoms with E-state index in [0.29, 0.717) is 23.8 Å². The number of aromatic nitrogens is 4. The van der Waals surface area contributed by atoms with E-state index in [1.807, 2.05) is 24.4 Å². The molecule has 8 nitrogen and oxygen atoms in total. The molecule has 1 aliphatic heterocycles. The van der Waals surface area contributed by atoms with Crippen molar-refractivity contribution in [2.45, 2.75) is 26.2 Å². The molecule has 1 atom stereocenters. The van der Waals surface area contributed by atoms with Gasteiger partial charge in [0.1, 0.15) is 5.69 Å². The molecule has 9 heteroatoms. The summed E-state index contributed by atoms with van der Waals surface area (Å²) in [5.74, 6) is 0.277. The molecule has 0 bridgehead atoms. The second kappa shape index (κ2) is 8.14. The van der Waals surface area contributed by atoms with Crippen LogP contribution in [0.1, 0.15) is 35.8 Å². The van der Waals surface area contributed by atoms with Gasteiger partial charge in [-0.3, -0.25) is 9.59 Å². The quantitative estimate of drug-likeness (QED) is 0.502. The van der Waals surface area contributed by atoms with Crippen LogP contribution in [0.2, 0.25) is 0 Å². The van der Waals surface area contributed by atoms with Crippen molar-refractivity contribution in [3.63, 3.8) is 0 Å². The van der Waals surface area contributed by atoms with Gasteiger partial charge in [-0.05, 0) is 36.8 Å². The van der Waals surface area contributed by atoms with E-state index in [1.54, 1.807) is 0 Å². The lowest BCUT2D eigenvalue weighted by atomic mass is 10.0. The molecule has 0 aliphatic carbocycles. The molecule has 4 heterocycles. The Morgan fingerprint density at radius 2 is 2.23 bits per heavy atom. The van der Waals surface area contributed by atoms with E-state index >= 15 is 0 Å². The van der Waals surface area contributed by atoms with Crippen molar-refractivity contribution in [2.75, 3.05) is 24.5 Å². The van der Waals surface area contributed by atoms with Gasteiger partial charge in [0, 0.05) is 42.8 Å². The number of hydrogen-bond acceptors (Lipinski definition) is 6. The highest BCUT2D eigenvalue weighted by molar-refractivity contribution is 7.20. The predicted octanol–water partition coefficient (Wildman–Crippen LogP) is 2.84. The number of fused-ring (bicyclic) bond motifs is 2. The fraction of sp³-hybridized carbons (Fsp3) is 0.364. The monoisotopic (exact) mass is 436 g/mol. The minimum Gasteiger partial charge on any atom is -0.361 e. The van der Waals surface area contributed by atoms with Gasteiger partial charge in [-0.1, -0.05) is 36.5 Å². The maximum atomic E-state index is 12.9. The maximum absolute atomic E-state index is 12.9. The van der Waals surface area contributed by atoms with Crippen LogP contribution >= 0.6 is 11.3 Å². The Labute approximate surface area is 182 Å². The summed E-state index contributed by atoms with van der Waals surface area (Å²) >= 11 is 1.36. The Balaban J connectivity index is 1.34. The highest BCUT2D eigenvalue weighted by Gasteiger charge is 2.22. The third kappa shape index (κ3) is 3.93. The number of amides is 1. The Kier molecular flexibility index (Phi) is 5.19. The van der Waals surface area contributed by atoms with E-state index in [4.69, 9.17) is 0 Å². The molecule has 1 aromatic carbocycles. The van der Waals surface area contributed by atoms with Gasteiger partial charge < -0.3 is 15.2 Å². The number of piperidine rings is 1. The smallest absolute Gasteiger partial charge is 0.274 e. The summed E-state index contributed by atoms with van der Waals surface area (Å²) in [7, 11) is 0. The summed E-state index contributed by atoms with van der Waals surface area (Å²) in [6.07, 6.45) is 4.98. The predicted molar refractivity (Wildman–Crippen MR) is 122 cm³/mol. The summed E-state index contributed by atoms with van der Waals surface area (Å²) in [6, 6.07) is 9.34. The molecule has 4 aromatic rings. The van der Waals surface area contributed by atoms with Gasteiger partial charge in [-0.2, -0.15) is 9.50 Å². The molecule has 1 saturated heterocycles. The molecule has 160 valence electrons. The largest absolute Gasteiger partial charge is 0.361 e. The van der Waals surface area contributed by atoms with Gasteiger partial charge in [0.05, 0.1) is 0 Å². The highest BCUT2D eigenvalue weighted by Crippen LogP contribution is 2.27. The second-order valence-corrected chi connectivity index (χ2v) is 9.05. The molecule has 1 unspecified atom stereocenters. The molecule has 0 radical (unpaired) electrons. The standard InChI is InChI=1S/C22H24N6O2S/c1-14-5-4-10-27(13-14)22-26-28-18(11-19(29)25-21(28)31-22)20(30)23-9-8-15-12-24-17-7-3-2-6-16(15)17/h2-3,6-7,11-12,14,24H,4-5,8-10,13H2,1H3,(H,23,30). The lowest BCUT2D eigenvalue weighted by molar-refractivity contribution is 0.0946. The molecule has 2 N–H and O–H groups in total. The van der Waals surface area contributed by atoms with Gasteiger partial charge in [0.2, 0.25) is 10.1 Å². The minimum absolute atomic E-state index is 0.224. The van der Waals surface area contributed by atoms with Crippen molar-refractivity contribution in [2.24, 2.45) is 5.92 Å². The van der Waals surface area contributed by atoms with E-state index in [0.717, 1.165) is 41.1 Å². The number of aromatic amines is 1. The van der Waals surface area contributed by atoms with Gasteiger partial charge in [0.25, 0.3) is 11.5 Å². The van der Waals surface area contributed by atoms with Gasteiger partial charge in [0.15, 0.2) is 0 Å². The Bertz CT molecular complexity index is 1310. The summed E-state index contributed by atoms with van der Waals surface area (Å²) in [5, 5.41) is 9.51. The van der Waals surface area contributed by atoms with Crippen LogP contribution in [0.3, 0.4) is 0 Å². The maximum Gasteiger partial charge on any atom is 0.274 e. The van der Waals surface area contributed by atoms with Crippen LogP contribution in [0, 0.1) is 5.92 Å². The molecular weight excluding hydrogens is 412 g/mol. The average molecular weight is 437 g/mol. The van der Waals surface area contributed by atoms with Crippen molar-refractivity contribution in [3.8, 4) is 0 Å². The van der Waals surface area contributed by atoms with Crippen molar-refractivity contribution < 1.29 is 4.79 Å². The summed E-state index contributed by atoms with van der Waals surface area (Å²) in [4.78, 5) is 35.0. The lowest BCUT2D eigenvalue weighted by Crippen LogP contribution is -2.34. The third-order valence-electron chi connectivity index (χ3n) is 5.76. The first-order valence-electron chi connectivity index (χ1n) is 10.6. The highest BCUT2D eigenvalue weighted by atomic mass is 32.1. The minimum atomic E-state index is -0.427. The zero-order valence-electron chi connectivity index (χ0n) is 17.3. The second-order valence-electron chi connectivity index (χ2n) is 8.12. The third-order valence-corrected chi connectivity index (χ3v) is 6.73. The SMILES string of the molecule is CC1CCCN(c2nn3c(C(=O)NCCc4c[nH]c5ccccc45)cc(=O)nc3s2)C1. The summed E-state index contributed by atoms with van der Waals surface area (Å²) in [6.45, 7) is 4.55. The number of carbonyl (C=O) groups excluding carboxylic acids is 1. The number of carbonyl (C=O) groups is 1. The fourth-order valence-electron chi connectivity index (χ4n) is 4.20. The molecule has 1 aliphatic rings. The van der Waals surface area contributed by atoms with Crippen LogP contribution in [0.4, 0.5) is 5.13 Å². The Morgan fingerprint density at radius 3 is 3.10 bits per heavy atom. The number of hydrogen-bond donors (Lipinski definition) is 2. The zero-order chi connectivity index (χ0) is 21.4. The molecule has 0 spiro atoms. The Morgan fingerprint density at radius 1 is 1.35 bits per heavy atom. The summed E-state index contributed by atoms with van der Waals surface area (Å²) < 4.78 is 1.50. The normalized spacial score (nSPS) is 16.8. The molecular formula is C22H24N6O2S. The molecule has 3 aromatic heterocycles. The first-order chi connectivity index (χ1) is 15.1. The first kappa shape index (κ1) is 19.7. The molecule has 0 saturated carbocycles. The van der Waals surface area contributed by atoms with Crippen molar-refractivity contribution in [1.82, 2.24) is 24.9 Å². The van der Waals surface area contributed by atoms with Crippen LogP contribution in [0.5, 0.6) is 0 Å². The molecule has 5 rings (SSSR count). The van der Waals surface area contributed by atoms with E-state index < -0.39 is 5.56 Å².